The van der Waals surface area contributed by atoms with Crippen LogP contribution in [-0.2, 0) is 11.3 Å². The summed E-state index contributed by atoms with van der Waals surface area (Å²) in [5.41, 5.74) is 2.71. The molecule has 0 unspecified atom stereocenters. The van der Waals surface area contributed by atoms with Crippen LogP contribution in [0.1, 0.15) is 11.1 Å². The summed E-state index contributed by atoms with van der Waals surface area (Å²) in [6, 6.07) is 17.0. The largest absolute Gasteiger partial charge is 0.491 e. The van der Waals surface area contributed by atoms with Crippen molar-refractivity contribution in [1.82, 2.24) is 14.8 Å². The van der Waals surface area contributed by atoms with Crippen molar-refractivity contribution >= 4 is 11.8 Å². The average Bonchev–Trinajstić information content (AvgIpc) is 3.17. The van der Waals surface area contributed by atoms with Crippen LogP contribution in [0.3, 0.4) is 0 Å². The fourth-order valence-electron chi connectivity index (χ4n) is 2.81. The lowest BCUT2D eigenvalue weighted by atomic mass is 10.1. The summed E-state index contributed by atoms with van der Waals surface area (Å²) in [5, 5.41) is 28.6. The predicted molar refractivity (Wildman–Crippen MR) is 115 cm³/mol. The lowest BCUT2D eigenvalue weighted by molar-refractivity contribution is 0.126. The third kappa shape index (κ3) is 5.83. The molecular weight excluding hydrogens is 400 g/mol. The number of ether oxygens (including phenoxy) is 2. The van der Waals surface area contributed by atoms with Gasteiger partial charge in [-0.2, -0.15) is 5.26 Å². The minimum atomic E-state index is -0.680. The van der Waals surface area contributed by atoms with Crippen LogP contribution in [0.5, 0.6) is 5.75 Å². The Kier molecular flexibility index (Phi) is 7.85. The number of nitrogens with zero attached hydrogens (tertiary/aromatic N) is 4. The average molecular weight is 425 g/mol. The van der Waals surface area contributed by atoms with Crippen LogP contribution in [-0.4, -0.2) is 52.1 Å². The molecule has 0 aliphatic heterocycles. The first kappa shape index (κ1) is 21.8. The van der Waals surface area contributed by atoms with Crippen LogP contribution in [0.25, 0.3) is 11.4 Å². The Morgan fingerprint density at radius 1 is 1.20 bits per heavy atom. The number of methoxy groups -OCH3 is 1. The van der Waals surface area contributed by atoms with Gasteiger partial charge in [-0.05, 0) is 37.3 Å². The smallest absolute Gasteiger partial charge is 0.191 e. The van der Waals surface area contributed by atoms with E-state index in [9.17, 15) is 5.11 Å². The summed E-state index contributed by atoms with van der Waals surface area (Å²) in [6.45, 7) is 3.34. The normalized spacial score (nSPS) is 11.8. The number of benzene rings is 2. The Balaban J connectivity index is 1.63. The summed E-state index contributed by atoms with van der Waals surface area (Å²) in [6.07, 6.45) is -0.680. The van der Waals surface area contributed by atoms with E-state index in [0.717, 1.165) is 22.1 Å². The second-order valence-corrected chi connectivity index (χ2v) is 7.72. The highest BCUT2D eigenvalue weighted by Crippen LogP contribution is 2.25. The first-order chi connectivity index (χ1) is 14.6. The molecule has 2 aromatic carbocycles. The number of aryl methyl sites for hydroxylation is 1. The fraction of sp³-hybridized carbons (Fsp3) is 0.318. The zero-order chi connectivity index (χ0) is 21.3. The summed E-state index contributed by atoms with van der Waals surface area (Å²) < 4.78 is 12.9. The van der Waals surface area contributed by atoms with Gasteiger partial charge in [-0.1, -0.05) is 35.5 Å². The molecule has 0 aliphatic carbocycles. The van der Waals surface area contributed by atoms with E-state index in [2.05, 4.69) is 22.3 Å². The van der Waals surface area contributed by atoms with Crippen molar-refractivity contribution in [3.63, 3.8) is 0 Å². The standard InChI is InChI=1S/C22H24N4O3S/c1-16-4-3-5-18(12-16)21-24-25-22(26(21)10-11-28-2)30-15-19(27)14-29-20-8-6-17(13-23)7-9-20/h3-9,12,19,27H,10-11,14-15H2,1-2H3/t19-/m1/s1. The molecule has 0 spiro atoms. The lowest BCUT2D eigenvalue weighted by Gasteiger charge is -2.13. The molecule has 0 bridgehead atoms. The van der Waals surface area contributed by atoms with Gasteiger partial charge in [0.25, 0.3) is 0 Å². The van der Waals surface area contributed by atoms with Crippen LogP contribution in [0.2, 0.25) is 0 Å². The van der Waals surface area contributed by atoms with E-state index in [1.165, 1.54) is 11.8 Å². The Labute approximate surface area is 180 Å². The van der Waals surface area contributed by atoms with Crippen LogP contribution in [0.15, 0.2) is 53.7 Å². The lowest BCUT2D eigenvalue weighted by Crippen LogP contribution is -2.20. The zero-order valence-corrected chi connectivity index (χ0v) is 17.8. The van der Waals surface area contributed by atoms with Gasteiger partial charge in [0.15, 0.2) is 11.0 Å². The molecule has 0 amide bonds. The maximum atomic E-state index is 10.3. The maximum Gasteiger partial charge on any atom is 0.191 e. The molecule has 1 heterocycles. The van der Waals surface area contributed by atoms with Crippen LogP contribution in [0.4, 0.5) is 0 Å². The van der Waals surface area contributed by atoms with Crippen molar-refractivity contribution < 1.29 is 14.6 Å². The molecule has 1 N–H and O–H groups in total. The van der Waals surface area contributed by atoms with Gasteiger partial charge in [-0.25, -0.2) is 0 Å². The summed E-state index contributed by atoms with van der Waals surface area (Å²) in [5.74, 6) is 1.81. The first-order valence-electron chi connectivity index (χ1n) is 9.53. The Bertz CT molecular complexity index is 998. The highest BCUT2D eigenvalue weighted by molar-refractivity contribution is 7.99. The number of nitriles is 1. The molecule has 1 aromatic heterocycles. The van der Waals surface area contributed by atoms with Crippen molar-refractivity contribution in [2.45, 2.75) is 24.7 Å². The van der Waals surface area contributed by atoms with Crippen molar-refractivity contribution in [1.29, 1.82) is 5.26 Å². The van der Waals surface area contributed by atoms with E-state index in [1.54, 1.807) is 31.4 Å². The number of aliphatic hydroxyl groups excluding tert-OH is 1. The van der Waals surface area contributed by atoms with E-state index >= 15 is 0 Å². The summed E-state index contributed by atoms with van der Waals surface area (Å²) in [4.78, 5) is 0. The Morgan fingerprint density at radius 3 is 2.70 bits per heavy atom. The van der Waals surface area contributed by atoms with Gasteiger partial charge < -0.3 is 14.6 Å². The Morgan fingerprint density at radius 2 is 2.00 bits per heavy atom. The molecule has 1 atom stereocenters. The van der Waals surface area contributed by atoms with Gasteiger partial charge >= 0.3 is 0 Å². The van der Waals surface area contributed by atoms with E-state index in [4.69, 9.17) is 14.7 Å². The van der Waals surface area contributed by atoms with E-state index in [0.29, 0.717) is 30.2 Å². The molecule has 0 fully saturated rings. The Hall–Kier alpha value is -2.86. The summed E-state index contributed by atoms with van der Waals surface area (Å²) in [7, 11) is 1.66. The molecular formula is C22H24N4O3S. The van der Waals surface area contributed by atoms with Gasteiger partial charge in [0.2, 0.25) is 0 Å². The van der Waals surface area contributed by atoms with E-state index < -0.39 is 6.10 Å². The molecule has 0 aliphatic rings. The summed E-state index contributed by atoms with van der Waals surface area (Å²) >= 11 is 1.43. The fourth-order valence-corrected chi connectivity index (χ4v) is 3.68. The van der Waals surface area contributed by atoms with Crippen LogP contribution >= 0.6 is 11.8 Å². The molecule has 0 radical (unpaired) electrons. The molecule has 7 nitrogen and oxygen atoms in total. The number of hydrogen-bond donors (Lipinski definition) is 1. The molecule has 3 rings (SSSR count). The number of aromatic nitrogens is 3. The second kappa shape index (κ2) is 10.8. The van der Waals surface area contributed by atoms with Crippen molar-refractivity contribution in [3.8, 4) is 23.2 Å². The number of thioether (sulfide) groups is 1. The zero-order valence-electron chi connectivity index (χ0n) is 17.0. The van der Waals surface area contributed by atoms with Crippen molar-refractivity contribution in [2.24, 2.45) is 0 Å². The number of rotatable bonds is 10. The molecule has 0 saturated carbocycles. The minimum absolute atomic E-state index is 0.149. The third-order valence-electron chi connectivity index (χ3n) is 4.34. The van der Waals surface area contributed by atoms with Gasteiger partial charge in [0, 0.05) is 18.4 Å². The third-order valence-corrected chi connectivity index (χ3v) is 5.45. The first-order valence-corrected chi connectivity index (χ1v) is 10.5. The predicted octanol–water partition coefficient (Wildman–Crippen LogP) is 3.30. The molecule has 30 heavy (non-hydrogen) atoms. The molecule has 0 saturated heterocycles. The van der Waals surface area contributed by atoms with Crippen molar-refractivity contribution in [3.05, 3.63) is 59.7 Å². The minimum Gasteiger partial charge on any atom is -0.491 e. The number of hydrogen-bond acceptors (Lipinski definition) is 7. The quantitative estimate of drug-likeness (QED) is 0.499. The molecule has 156 valence electrons. The molecule has 3 aromatic rings. The second-order valence-electron chi connectivity index (χ2n) is 6.73. The molecule has 8 heteroatoms. The van der Waals surface area contributed by atoms with Crippen LogP contribution < -0.4 is 4.74 Å². The monoisotopic (exact) mass is 424 g/mol. The van der Waals surface area contributed by atoms with Gasteiger partial charge in [0.05, 0.1) is 30.9 Å². The van der Waals surface area contributed by atoms with Gasteiger partial charge in [0.1, 0.15) is 12.4 Å². The van der Waals surface area contributed by atoms with Crippen LogP contribution in [0, 0.1) is 18.3 Å². The SMILES string of the molecule is COCCn1c(SC[C@H](O)COc2ccc(C#N)cc2)nnc1-c1cccc(C)c1. The van der Waals surface area contributed by atoms with E-state index in [-0.39, 0.29) is 6.61 Å². The number of aliphatic hydroxyl groups is 1. The highest BCUT2D eigenvalue weighted by atomic mass is 32.2. The maximum absolute atomic E-state index is 10.3. The highest BCUT2D eigenvalue weighted by Gasteiger charge is 2.16. The topological polar surface area (TPSA) is 93.2 Å². The van der Waals surface area contributed by atoms with Crippen molar-refractivity contribution in [2.75, 3.05) is 26.1 Å². The van der Waals surface area contributed by atoms with E-state index in [1.807, 2.05) is 29.7 Å². The van der Waals surface area contributed by atoms with Gasteiger partial charge in [-0.15, -0.1) is 10.2 Å². The van der Waals surface area contributed by atoms with Gasteiger partial charge in [-0.3, -0.25) is 4.57 Å².